The van der Waals surface area contributed by atoms with E-state index in [1.165, 1.54) is 36.6 Å². The van der Waals surface area contributed by atoms with Crippen LogP contribution in [0.25, 0.3) is 0 Å². The van der Waals surface area contributed by atoms with Crippen LogP contribution in [0.5, 0.6) is 0 Å². The van der Waals surface area contributed by atoms with Crippen molar-refractivity contribution in [3.63, 3.8) is 0 Å². The van der Waals surface area contributed by atoms with Gasteiger partial charge in [-0.15, -0.1) is 0 Å². The third-order valence-corrected chi connectivity index (χ3v) is 11.9. The largest absolute Gasteiger partial charge is 3.00 e. The monoisotopic (exact) mass is 1170 g/mol. The van der Waals surface area contributed by atoms with Crippen molar-refractivity contribution in [2.45, 2.75) is 10.4 Å². The molecule has 67 heavy (non-hydrogen) atoms. The Balaban J connectivity index is 0.0000112. The van der Waals surface area contributed by atoms with Gasteiger partial charge in [-0.25, -0.2) is 17.9 Å². The summed E-state index contributed by atoms with van der Waals surface area (Å²) in [5.41, 5.74) is -1.85. The molecule has 0 aromatic heterocycles. The number of carboxylic acid groups (broad SMARTS) is 7. The number of benzene rings is 1. The minimum atomic E-state index is -4.19. The molecule has 1 aromatic carbocycles. The maximum Gasteiger partial charge on any atom is 3.00 e. The molecule has 2 aliphatic rings. The summed E-state index contributed by atoms with van der Waals surface area (Å²) in [6.45, 7) is -5.55. The Bertz CT molecular complexity index is 1880. The van der Waals surface area contributed by atoms with Crippen LogP contribution in [0.4, 0.5) is 10.5 Å². The Hall–Kier alpha value is -3.63. The van der Waals surface area contributed by atoms with Gasteiger partial charge in [0, 0.05) is 137 Å². The van der Waals surface area contributed by atoms with E-state index < -0.39 is 129 Å². The predicted molar refractivity (Wildman–Crippen MR) is 213 cm³/mol. The maximum atomic E-state index is 13.3. The summed E-state index contributed by atoms with van der Waals surface area (Å²) in [6.07, 6.45) is -1.19. The zero-order valence-electron chi connectivity index (χ0n) is 36.2. The van der Waals surface area contributed by atoms with Crippen LogP contribution >= 0.6 is 0 Å². The van der Waals surface area contributed by atoms with Crippen molar-refractivity contribution in [2.24, 2.45) is 0 Å². The zero-order chi connectivity index (χ0) is 48.3. The van der Waals surface area contributed by atoms with Gasteiger partial charge in [-0.3, -0.25) is 44.4 Å². The van der Waals surface area contributed by atoms with Crippen LogP contribution in [0, 0.1) is 39.9 Å². The summed E-state index contributed by atoms with van der Waals surface area (Å²) in [6, 6.07) is 4.69. The molecule has 0 bridgehead atoms. The fourth-order valence-electron chi connectivity index (χ4n) is 7.37. The summed E-state index contributed by atoms with van der Waals surface area (Å²) < 4.78 is 34.4. The molecule has 1 aromatic rings. The molecule has 2 fully saturated rings. The van der Waals surface area contributed by atoms with Gasteiger partial charge in [0.05, 0.1) is 52.8 Å². The number of carbonyl (C=O) groups is 8. The Kier molecular flexibility index (Phi) is 27.6. The first-order chi connectivity index (χ1) is 30.5. The number of amides is 1. The number of ether oxygens (including phenoxy) is 1. The molecule has 2 saturated heterocycles. The van der Waals surface area contributed by atoms with E-state index in [1.807, 2.05) is 0 Å². The van der Waals surface area contributed by atoms with Crippen molar-refractivity contribution >= 4 is 83.4 Å². The third kappa shape index (κ3) is 23.5. The molecule has 369 valence electrons. The van der Waals surface area contributed by atoms with Gasteiger partial charge < -0.3 is 69.2 Å². The molecule has 30 heteroatoms. The van der Waals surface area contributed by atoms with E-state index in [-0.39, 0.29) is 149 Å². The second-order valence-corrected chi connectivity index (χ2v) is 17.2. The maximum absolute atomic E-state index is 13.3. The minimum absolute atomic E-state index is 0. The average molecular weight is 1170 g/mol. The molecule has 27 nitrogen and oxygen atoms in total. The van der Waals surface area contributed by atoms with Gasteiger partial charge in [-0.05, 0) is 24.3 Å². The van der Waals surface area contributed by atoms with Gasteiger partial charge in [0.1, 0.15) is 6.61 Å². The third-order valence-electron chi connectivity index (χ3n) is 10.4. The van der Waals surface area contributed by atoms with Crippen LogP contribution in [0.1, 0.15) is 0 Å². The number of nitrogens with one attached hydrogen (secondary N) is 2. The second-order valence-electron chi connectivity index (χ2n) is 15.4. The van der Waals surface area contributed by atoms with Gasteiger partial charge in [-0.2, -0.15) is 0 Å². The number of rotatable bonds is 23. The Morgan fingerprint density at radius 1 is 0.597 bits per heavy atom. The smallest absolute Gasteiger partial charge is 0.549 e. The summed E-state index contributed by atoms with van der Waals surface area (Å²) in [5, 5.41) is 81.0. The molecule has 3 rings (SSSR count). The number of carboxylic acids is 7. The normalized spacial score (nSPS) is 17.6. The number of carbonyl (C=O) groups excluding carboxylic acids is 7. The molecule has 0 spiro atoms. The van der Waals surface area contributed by atoms with E-state index in [2.05, 4.69) is 10.0 Å². The van der Waals surface area contributed by atoms with E-state index in [0.717, 1.165) is 17.0 Å². The first-order valence-corrected chi connectivity index (χ1v) is 21.6. The van der Waals surface area contributed by atoms with E-state index in [0.29, 0.717) is 0 Å². The Labute approximate surface area is 430 Å². The number of nitrogens with zero attached hydrogens (tertiary/aromatic N) is 7. The molecule has 0 atom stereocenters. The van der Waals surface area contributed by atoms with Gasteiger partial charge in [0.2, 0.25) is 10.0 Å². The van der Waals surface area contributed by atoms with Crippen LogP contribution in [0.15, 0.2) is 29.2 Å². The van der Waals surface area contributed by atoms with Crippen molar-refractivity contribution in [3.8, 4) is 0 Å². The van der Waals surface area contributed by atoms with Gasteiger partial charge in [0.25, 0.3) is 0 Å². The van der Waals surface area contributed by atoms with Crippen LogP contribution < -0.4 is 40.7 Å². The SMILES string of the molecule is O=C([O-])CN1CCN(CCNS(=O)(=O)c2ccc(NC(=O)OCC3(N(CC(=O)[O-])CC(=O)O)CN(CC(=O)[O-])CCN(CC(=O)[O-])C3)cc2)CCN(CC(=O)[O-])CCN(CC(=O)[O-])CC1.[Ga+3].[Gd+3]. The van der Waals surface area contributed by atoms with Crippen LogP contribution in [0.2, 0.25) is 0 Å². The molecular formula is C37H51GaGdN9O18S. The van der Waals surface area contributed by atoms with E-state index >= 15 is 0 Å². The van der Waals surface area contributed by atoms with Crippen LogP contribution in [-0.4, -0.2) is 265 Å². The molecule has 1 amide bonds. The standard InChI is InChI=1S/C37H57N9O18S.Ga.Gd/c47-29(48)17-41-9-7-40(8-10-42(18-30(49)50)12-14-43(13-11-41)19-31(51)52)6-5-38-65(62,63)28-3-1-27(2-4-28)39-36(61)64-26-37(46(22-34(57)58)23-35(59)60)24-44(20-32(53)54)15-16-45(25-37)21-33(55)56;;/h1-4,38H,5-26H2,(H,39,61)(H,47,48)(H,49,50)(H,51,52)(H,53,54)(H,55,56)(H,57,58)(H,59,60);;/q;2*+3/p-6. The number of aliphatic carboxylic acids is 7. The van der Waals surface area contributed by atoms with Crippen molar-refractivity contribution in [1.29, 1.82) is 0 Å². The summed E-state index contributed by atoms with van der Waals surface area (Å²) in [4.78, 5) is 103. The minimum Gasteiger partial charge on any atom is -0.549 e. The number of hydrogen-bond donors (Lipinski definition) is 3. The molecule has 0 aliphatic carbocycles. The summed E-state index contributed by atoms with van der Waals surface area (Å²) in [7, 11) is -4.19. The number of anilines is 1. The predicted octanol–water partition coefficient (Wildman–Crippen LogP) is -12.4. The molecular weight excluding hydrogens is 1120 g/mol. The van der Waals surface area contributed by atoms with Crippen molar-refractivity contribution < 1.29 is 127 Å². The van der Waals surface area contributed by atoms with Crippen molar-refractivity contribution in [3.05, 3.63) is 24.3 Å². The molecule has 0 unspecified atom stereocenters. The van der Waals surface area contributed by atoms with Crippen LogP contribution in [0.3, 0.4) is 0 Å². The van der Waals surface area contributed by atoms with E-state index in [4.69, 9.17) is 4.74 Å². The molecule has 2 aliphatic heterocycles. The van der Waals surface area contributed by atoms with Gasteiger partial charge in [0.15, 0.2) is 0 Å². The summed E-state index contributed by atoms with van der Waals surface area (Å²) >= 11 is 0. The second kappa shape index (κ2) is 30.1. The zero-order valence-corrected chi connectivity index (χ0v) is 41.7. The first kappa shape index (κ1) is 61.4. The molecule has 0 saturated carbocycles. The van der Waals surface area contributed by atoms with E-state index in [1.54, 1.807) is 4.90 Å². The topological polar surface area (TPSA) is 385 Å². The quantitative estimate of drug-likeness (QED) is 0.0857. The summed E-state index contributed by atoms with van der Waals surface area (Å²) in [5.74, 6) is -10.5. The Morgan fingerprint density at radius 3 is 1.34 bits per heavy atom. The molecule has 2 heterocycles. The van der Waals surface area contributed by atoms with Crippen molar-refractivity contribution in [2.75, 3.05) is 149 Å². The van der Waals surface area contributed by atoms with Gasteiger partial charge in [-0.1, -0.05) is 0 Å². The Morgan fingerprint density at radius 2 is 0.970 bits per heavy atom. The van der Waals surface area contributed by atoms with Gasteiger partial charge >= 0.3 is 71.8 Å². The average Bonchev–Trinajstić information content (AvgIpc) is 3.35. The van der Waals surface area contributed by atoms with Crippen LogP contribution in [-0.2, 0) is 48.3 Å². The molecule has 3 N–H and O–H groups in total. The first-order valence-electron chi connectivity index (χ1n) is 20.1. The molecule has 1 radical (unpaired) electrons. The van der Waals surface area contributed by atoms with Crippen molar-refractivity contribution in [1.82, 2.24) is 39.0 Å². The fourth-order valence-corrected chi connectivity index (χ4v) is 8.39. The fraction of sp³-hybridized carbons (Fsp3) is 0.622. The number of sulfonamides is 1. The van der Waals surface area contributed by atoms with E-state index in [9.17, 15) is 82.5 Å². The number of hydrogen-bond acceptors (Lipinski definition) is 24.